The summed E-state index contributed by atoms with van der Waals surface area (Å²) >= 11 is 0. The van der Waals surface area contributed by atoms with Gasteiger partial charge in [0, 0.05) is 12.1 Å². The number of β-lactam (4-membered cyclic amide) rings is 1. The van der Waals surface area contributed by atoms with Gasteiger partial charge in [-0.1, -0.05) is 12.1 Å². The monoisotopic (exact) mass is 485 g/mol. The molecular weight excluding hydrogens is 462 g/mol. The number of rotatable bonds is 9. The summed E-state index contributed by atoms with van der Waals surface area (Å²) < 4.78 is 0. The molecule has 3 heterocycles. The van der Waals surface area contributed by atoms with Gasteiger partial charge in [-0.25, -0.2) is 9.79 Å². The SMILES string of the molecule is Nc1nc2c(c(=O)[nH]1)N=C(CNc1ccc(C3(O)CN(C(CCC(=O)O)C(=O)O)C3=O)cc1)CN2. The Morgan fingerprint density at radius 3 is 2.57 bits per heavy atom. The normalized spacial score (nSPS) is 19.6. The average molecular weight is 485 g/mol. The molecule has 0 spiro atoms. The minimum atomic E-state index is -1.88. The van der Waals surface area contributed by atoms with Gasteiger partial charge in [0.25, 0.3) is 11.5 Å². The molecule has 2 atom stereocenters. The number of nitrogens with two attached hydrogens (primary N) is 1. The predicted molar refractivity (Wildman–Crippen MR) is 124 cm³/mol. The zero-order valence-electron chi connectivity index (χ0n) is 18.3. The van der Waals surface area contributed by atoms with Crippen LogP contribution in [-0.4, -0.2) is 79.4 Å². The molecule has 0 radical (unpaired) electrons. The Morgan fingerprint density at radius 2 is 1.94 bits per heavy atom. The fourth-order valence-corrected chi connectivity index (χ4v) is 3.94. The van der Waals surface area contributed by atoms with Crippen molar-refractivity contribution in [3.8, 4) is 0 Å². The minimum absolute atomic E-state index is 0.00780. The van der Waals surface area contributed by atoms with E-state index in [0.29, 0.717) is 30.3 Å². The number of carboxylic acid groups (broad SMARTS) is 2. The van der Waals surface area contributed by atoms with Crippen molar-refractivity contribution >= 4 is 46.7 Å². The van der Waals surface area contributed by atoms with Gasteiger partial charge in [-0.15, -0.1) is 0 Å². The van der Waals surface area contributed by atoms with E-state index in [9.17, 15) is 29.4 Å². The lowest BCUT2D eigenvalue weighted by atomic mass is 9.83. The van der Waals surface area contributed by atoms with Crippen LogP contribution in [0.15, 0.2) is 34.1 Å². The number of benzene rings is 1. The summed E-state index contributed by atoms with van der Waals surface area (Å²) in [7, 11) is 0. The molecule has 1 aromatic carbocycles. The van der Waals surface area contributed by atoms with Crippen LogP contribution in [0.5, 0.6) is 0 Å². The van der Waals surface area contributed by atoms with E-state index >= 15 is 0 Å². The third-order valence-corrected chi connectivity index (χ3v) is 5.81. The van der Waals surface area contributed by atoms with Crippen LogP contribution in [-0.2, 0) is 20.0 Å². The fraction of sp³-hybridized carbons (Fsp3) is 0.333. The number of nitrogens with zero attached hydrogens (tertiary/aromatic N) is 3. The van der Waals surface area contributed by atoms with Gasteiger partial charge in [0.15, 0.2) is 17.1 Å². The number of aliphatic imine (C=N–C) groups is 1. The highest BCUT2D eigenvalue weighted by Crippen LogP contribution is 2.36. The van der Waals surface area contributed by atoms with Gasteiger partial charge >= 0.3 is 11.9 Å². The Hall–Kier alpha value is -4.46. The number of amides is 1. The van der Waals surface area contributed by atoms with Gasteiger partial charge in [-0.3, -0.25) is 19.4 Å². The lowest BCUT2D eigenvalue weighted by Gasteiger charge is -2.47. The molecule has 1 aromatic heterocycles. The second kappa shape index (κ2) is 9.06. The zero-order valence-corrected chi connectivity index (χ0v) is 18.3. The number of nitrogen functional groups attached to an aromatic ring is 1. The highest BCUT2D eigenvalue weighted by atomic mass is 16.4. The lowest BCUT2D eigenvalue weighted by molar-refractivity contribution is -0.187. The van der Waals surface area contributed by atoms with Gasteiger partial charge in [0.05, 0.1) is 25.3 Å². The standard InChI is InChI=1S/C21H23N7O7/c22-20-26-16-15(17(31)27-20)25-12(8-24-16)7-23-11-3-1-10(2-4-11)21(35)9-28(19(21)34)13(18(32)33)5-6-14(29)30/h1-4,13,23,35H,5-9H2,(H,29,30)(H,32,33)(H4,22,24,26,27,31). The number of carbonyl (C=O) groups excluding carboxylic acids is 1. The maximum atomic E-state index is 12.6. The van der Waals surface area contributed by atoms with Gasteiger partial charge in [0.2, 0.25) is 5.95 Å². The predicted octanol–water partition coefficient (Wildman–Crippen LogP) is -0.690. The summed E-state index contributed by atoms with van der Waals surface area (Å²) in [5.74, 6) is -3.00. The Bertz CT molecular complexity index is 1270. The number of anilines is 3. The highest BCUT2D eigenvalue weighted by Gasteiger charge is 2.55. The Morgan fingerprint density at radius 1 is 1.23 bits per heavy atom. The van der Waals surface area contributed by atoms with E-state index in [1.807, 2.05) is 0 Å². The molecule has 0 saturated carbocycles. The van der Waals surface area contributed by atoms with Crippen molar-refractivity contribution in [1.29, 1.82) is 0 Å². The molecule has 8 N–H and O–H groups in total. The summed E-state index contributed by atoms with van der Waals surface area (Å²) in [6.45, 7) is 0.394. The van der Waals surface area contributed by atoms with Crippen molar-refractivity contribution in [2.75, 3.05) is 36.0 Å². The molecule has 1 amide bonds. The van der Waals surface area contributed by atoms with E-state index in [0.717, 1.165) is 4.90 Å². The maximum absolute atomic E-state index is 12.6. The molecule has 2 aromatic rings. The molecule has 0 bridgehead atoms. The van der Waals surface area contributed by atoms with Gasteiger partial charge < -0.3 is 36.6 Å². The number of hydrogen-bond acceptors (Lipinski definition) is 10. The molecule has 184 valence electrons. The summed E-state index contributed by atoms with van der Waals surface area (Å²) in [6, 6.07) is 5.04. The summed E-state index contributed by atoms with van der Waals surface area (Å²) in [5, 5.41) is 35.1. The van der Waals surface area contributed by atoms with Crippen molar-refractivity contribution in [3.63, 3.8) is 0 Å². The maximum Gasteiger partial charge on any atom is 0.326 e. The van der Waals surface area contributed by atoms with E-state index in [1.165, 1.54) is 12.1 Å². The number of aromatic amines is 1. The number of nitrogens with one attached hydrogen (secondary N) is 3. The van der Waals surface area contributed by atoms with E-state index in [1.54, 1.807) is 12.1 Å². The first-order valence-electron chi connectivity index (χ1n) is 10.6. The first-order chi connectivity index (χ1) is 16.6. The first-order valence-corrected chi connectivity index (χ1v) is 10.6. The topological polar surface area (TPSA) is 223 Å². The zero-order chi connectivity index (χ0) is 25.3. The quantitative estimate of drug-likeness (QED) is 0.220. The van der Waals surface area contributed by atoms with Crippen molar-refractivity contribution in [1.82, 2.24) is 14.9 Å². The molecule has 2 aliphatic rings. The van der Waals surface area contributed by atoms with Crippen LogP contribution in [0.25, 0.3) is 0 Å². The molecule has 2 aliphatic heterocycles. The molecule has 1 fully saturated rings. The summed E-state index contributed by atoms with van der Waals surface area (Å²) in [4.78, 5) is 58.5. The Kier molecular flexibility index (Phi) is 6.13. The van der Waals surface area contributed by atoms with E-state index in [2.05, 4.69) is 25.6 Å². The highest BCUT2D eigenvalue weighted by molar-refractivity contribution is 5.97. The van der Waals surface area contributed by atoms with Crippen molar-refractivity contribution in [3.05, 3.63) is 40.2 Å². The van der Waals surface area contributed by atoms with Crippen molar-refractivity contribution in [2.45, 2.75) is 24.5 Å². The molecule has 35 heavy (non-hydrogen) atoms. The number of aliphatic hydroxyl groups is 1. The van der Waals surface area contributed by atoms with Crippen molar-refractivity contribution < 1.29 is 29.7 Å². The van der Waals surface area contributed by atoms with Crippen LogP contribution in [0.3, 0.4) is 0 Å². The third-order valence-electron chi connectivity index (χ3n) is 5.81. The van der Waals surface area contributed by atoms with Crippen LogP contribution in [0, 0.1) is 0 Å². The van der Waals surface area contributed by atoms with Gasteiger partial charge in [-0.2, -0.15) is 4.98 Å². The van der Waals surface area contributed by atoms with E-state index < -0.39 is 41.5 Å². The molecule has 0 aliphatic carbocycles. The number of aromatic nitrogens is 2. The number of β-amino-alcohol motifs (C(OH)–C–C–N with tert-alkyl or cyclic N) is 1. The Labute approximate surface area is 197 Å². The lowest BCUT2D eigenvalue weighted by Crippen LogP contribution is -2.68. The largest absolute Gasteiger partial charge is 0.481 e. The van der Waals surface area contributed by atoms with Crippen molar-refractivity contribution in [2.24, 2.45) is 4.99 Å². The Balaban J connectivity index is 1.39. The second-order valence-electron chi connectivity index (χ2n) is 8.19. The molecule has 4 rings (SSSR count). The fourth-order valence-electron chi connectivity index (χ4n) is 3.94. The number of carbonyl (C=O) groups is 3. The molecule has 14 heteroatoms. The molecule has 2 unspecified atom stereocenters. The number of fused-ring (bicyclic) bond motifs is 1. The van der Waals surface area contributed by atoms with Crippen LogP contribution < -0.4 is 21.9 Å². The van der Waals surface area contributed by atoms with Crippen LogP contribution >= 0.6 is 0 Å². The number of aliphatic carboxylic acids is 2. The summed E-state index contributed by atoms with van der Waals surface area (Å²) in [6.07, 6.45) is -0.668. The van der Waals surface area contributed by atoms with Crippen LogP contribution in [0.1, 0.15) is 18.4 Å². The number of likely N-dealkylation sites (tertiary alicyclic amines) is 1. The molecule has 1 saturated heterocycles. The van der Waals surface area contributed by atoms with E-state index in [-0.39, 0.29) is 30.2 Å². The molecule has 14 nitrogen and oxygen atoms in total. The number of H-pyrrole nitrogens is 1. The van der Waals surface area contributed by atoms with Gasteiger partial charge in [-0.05, 0) is 24.1 Å². The smallest absolute Gasteiger partial charge is 0.326 e. The molecular formula is C21H23N7O7. The van der Waals surface area contributed by atoms with Crippen LogP contribution in [0.2, 0.25) is 0 Å². The second-order valence-corrected chi connectivity index (χ2v) is 8.19. The average Bonchev–Trinajstić information content (AvgIpc) is 2.82. The minimum Gasteiger partial charge on any atom is -0.481 e. The number of hydrogen-bond donors (Lipinski definition) is 7. The summed E-state index contributed by atoms with van der Waals surface area (Å²) in [5.41, 5.74) is 4.90. The van der Waals surface area contributed by atoms with Crippen LogP contribution in [0.4, 0.5) is 23.1 Å². The van der Waals surface area contributed by atoms with Gasteiger partial charge in [0.1, 0.15) is 6.04 Å². The third kappa shape index (κ3) is 4.63. The van der Waals surface area contributed by atoms with E-state index in [4.69, 9.17) is 10.8 Å². The first kappa shape index (κ1) is 23.7. The number of carboxylic acids is 2.